The smallest absolute Gasteiger partial charge is 0.223 e. The second-order valence-corrected chi connectivity index (χ2v) is 5.69. The molecule has 0 saturated carbocycles. The van der Waals surface area contributed by atoms with Crippen LogP contribution in [0.4, 0.5) is 5.95 Å². The number of rotatable bonds is 4. The van der Waals surface area contributed by atoms with Gasteiger partial charge in [0.2, 0.25) is 5.95 Å². The van der Waals surface area contributed by atoms with Crippen molar-refractivity contribution in [3.05, 3.63) is 40.5 Å². The summed E-state index contributed by atoms with van der Waals surface area (Å²) in [5.41, 5.74) is 2.44. The van der Waals surface area contributed by atoms with Crippen molar-refractivity contribution in [3.63, 3.8) is 0 Å². The Hall–Kier alpha value is -1.26. The summed E-state index contributed by atoms with van der Waals surface area (Å²) in [4.78, 5) is 9.75. The summed E-state index contributed by atoms with van der Waals surface area (Å²) in [6.07, 6.45) is 1.64. The summed E-state index contributed by atoms with van der Waals surface area (Å²) in [5.74, 6) is 0.611. The van der Waals surface area contributed by atoms with Crippen LogP contribution in [0.15, 0.2) is 34.3 Å². The molecule has 0 fully saturated rings. The molecule has 1 aromatic heterocycles. The average Bonchev–Trinajstić information content (AvgIpc) is 2.38. The molecule has 0 unspecified atom stereocenters. The monoisotopic (exact) mass is 293 g/mol. The number of nitrogens with one attached hydrogen (secondary N) is 1. The van der Waals surface area contributed by atoms with E-state index in [1.54, 1.807) is 18.0 Å². The molecular weight excluding hydrogens is 278 g/mol. The summed E-state index contributed by atoms with van der Waals surface area (Å²) >= 11 is 7.74. The van der Waals surface area contributed by atoms with Gasteiger partial charge in [0.15, 0.2) is 0 Å². The number of halogens is 1. The fourth-order valence-corrected chi connectivity index (χ4v) is 2.76. The molecule has 0 amide bonds. The summed E-state index contributed by atoms with van der Waals surface area (Å²) in [5, 5.41) is 4.45. The van der Waals surface area contributed by atoms with Crippen molar-refractivity contribution in [1.29, 1.82) is 0 Å². The predicted molar refractivity (Wildman–Crippen MR) is 81.2 cm³/mol. The van der Waals surface area contributed by atoms with E-state index in [2.05, 4.69) is 47.3 Å². The molecule has 2 aromatic rings. The first-order chi connectivity index (χ1) is 9.10. The van der Waals surface area contributed by atoms with Gasteiger partial charge in [-0.25, -0.2) is 9.97 Å². The van der Waals surface area contributed by atoms with E-state index >= 15 is 0 Å². The first kappa shape index (κ1) is 14.2. The number of aromatic nitrogens is 2. The first-order valence-electron chi connectivity index (χ1n) is 6.11. The average molecular weight is 294 g/mol. The standard InChI is InChI=1S/C14H16ClN3S/c1-4-16-14-17-8-11(15)13(18-14)19-12-7-9(2)5-6-10(12)3/h5-8H,4H2,1-3H3,(H,16,17,18). The van der Waals surface area contributed by atoms with Gasteiger partial charge in [-0.3, -0.25) is 0 Å². The lowest BCUT2D eigenvalue weighted by molar-refractivity contribution is 1.01. The highest BCUT2D eigenvalue weighted by Gasteiger charge is 2.09. The zero-order valence-corrected chi connectivity index (χ0v) is 12.8. The van der Waals surface area contributed by atoms with Crippen LogP contribution in [-0.4, -0.2) is 16.5 Å². The van der Waals surface area contributed by atoms with Crippen LogP contribution in [0.3, 0.4) is 0 Å². The maximum absolute atomic E-state index is 6.16. The van der Waals surface area contributed by atoms with Crippen molar-refractivity contribution in [2.75, 3.05) is 11.9 Å². The third-order valence-electron chi connectivity index (χ3n) is 2.60. The molecule has 0 atom stereocenters. The Bertz CT molecular complexity index is 587. The zero-order chi connectivity index (χ0) is 13.8. The predicted octanol–water partition coefficient (Wildman–Crippen LogP) is 4.33. The largest absolute Gasteiger partial charge is 0.354 e. The van der Waals surface area contributed by atoms with Crippen LogP contribution in [0.25, 0.3) is 0 Å². The zero-order valence-electron chi connectivity index (χ0n) is 11.2. The normalized spacial score (nSPS) is 10.5. The van der Waals surface area contributed by atoms with E-state index in [1.807, 2.05) is 6.92 Å². The highest BCUT2D eigenvalue weighted by Crippen LogP contribution is 2.34. The van der Waals surface area contributed by atoms with Gasteiger partial charge in [0.1, 0.15) is 5.03 Å². The Kier molecular flexibility index (Phi) is 4.66. The Balaban J connectivity index is 2.31. The van der Waals surface area contributed by atoms with Crippen LogP contribution < -0.4 is 5.32 Å². The molecular formula is C14H16ClN3S. The summed E-state index contributed by atoms with van der Waals surface area (Å²) in [7, 11) is 0. The molecule has 1 N–H and O–H groups in total. The molecule has 0 saturated heterocycles. The summed E-state index contributed by atoms with van der Waals surface area (Å²) < 4.78 is 0. The number of hydrogen-bond donors (Lipinski definition) is 1. The molecule has 2 rings (SSSR count). The van der Waals surface area contributed by atoms with Gasteiger partial charge in [-0.1, -0.05) is 35.5 Å². The lowest BCUT2D eigenvalue weighted by Crippen LogP contribution is -2.02. The van der Waals surface area contributed by atoms with Crippen LogP contribution in [0, 0.1) is 13.8 Å². The molecule has 100 valence electrons. The molecule has 1 heterocycles. The molecule has 3 nitrogen and oxygen atoms in total. The second-order valence-electron chi connectivity index (χ2n) is 4.25. The molecule has 1 aromatic carbocycles. The van der Waals surface area contributed by atoms with Crippen LogP contribution in [0.5, 0.6) is 0 Å². The highest BCUT2D eigenvalue weighted by atomic mass is 35.5. The quantitative estimate of drug-likeness (QED) is 0.852. The van der Waals surface area contributed by atoms with Crippen LogP contribution in [-0.2, 0) is 0 Å². The maximum Gasteiger partial charge on any atom is 0.223 e. The van der Waals surface area contributed by atoms with E-state index in [1.165, 1.54) is 16.0 Å². The minimum absolute atomic E-state index is 0.576. The van der Waals surface area contributed by atoms with Gasteiger partial charge in [0, 0.05) is 11.4 Å². The summed E-state index contributed by atoms with van der Waals surface area (Å²) in [6.45, 7) is 6.96. The van der Waals surface area contributed by atoms with Crippen molar-refractivity contribution in [2.24, 2.45) is 0 Å². The fourth-order valence-electron chi connectivity index (χ4n) is 1.59. The Morgan fingerprint density at radius 3 is 2.84 bits per heavy atom. The lowest BCUT2D eigenvalue weighted by atomic mass is 10.2. The molecule has 0 radical (unpaired) electrons. The van der Waals surface area contributed by atoms with Crippen LogP contribution >= 0.6 is 23.4 Å². The Morgan fingerprint density at radius 2 is 2.11 bits per heavy atom. The maximum atomic E-state index is 6.16. The first-order valence-corrected chi connectivity index (χ1v) is 7.31. The molecule has 0 aliphatic carbocycles. The minimum atomic E-state index is 0.576. The van der Waals surface area contributed by atoms with Crippen molar-refractivity contribution >= 4 is 29.3 Å². The van der Waals surface area contributed by atoms with Crippen molar-refractivity contribution in [3.8, 4) is 0 Å². The molecule has 0 aliphatic heterocycles. The number of benzene rings is 1. The van der Waals surface area contributed by atoms with Gasteiger partial charge in [0.25, 0.3) is 0 Å². The minimum Gasteiger partial charge on any atom is -0.354 e. The van der Waals surface area contributed by atoms with Crippen LogP contribution in [0.2, 0.25) is 5.02 Å². The third-order valence-corrected chi connectivity index (χ3v) is 4.15. The van der Waals surface area contributed by atoms with Gasteiger partial charge in [-0.15, -0.1) is 0 Å². The lowest BCUT2D eigenvalue weighted by Gasteiger charge is -2.09. The topological polar surface area (TPSA) is 37.8 Å². The summed E-state index contributed by atoms with van der Waals surface area (Å²) in [6, 6.07) is 6.36. The van der Waals surface area contributed by atoms with Crippen molar-refractivity contribution in [1.82, 2.24) is 9.97 Å². The SMILES string of the molecule is CCNc1ncc(Cl)c(Sc2cc(C)ccc2C)n1. The highest BCUT2D eigenvalue weighted by molar-refractivity contribution is 7.99. The van der Waals surface area contributed by atoms with Gasteiger partial charge in [-0.2, -0.15) is 0 Å². The van der Waals surface area contributed by atoms with E-state index in [9.17, 15) is 0 Å². The van der Waals surface area contributed by atoms with Crippen LogP contribution in [0.1, 0.15) is 18.1 Å². The number of aryl methyl sites for hydroxylation is 2. The third kappa shape index (κ3) is 3.61. The fraction of sp³-hybridized carbons (Fsp3) is 0.286. The molecule has 0 spiro atoms. The van der Waals surface area contributed by atoms with Gasteiger partial charge < -0.3 is 5.32 Å². The second kappa shape index (κ2) is 6.26. The Morgan fingerprint density at radius 1 is 1.32 bits per heavy atom. The van der Waals surface area contributed by atoms with E-state index in [0.717, 1.165) is 11.6 Å². The Labute approximate surface area is 122 Å². The van der Waals surface area contributed by atoms with E-state index in [0.29, 0.717) is 11.0 Å². The van der Waals surface area contributed by atoms with E-state index in [-0.39, 0.29) is 0 Å². The van der Waals surface area contributed by atoms with Crippen molar-refractivity contribution < 1.29 is 0 Å². The van der Waals surface area contributed by atoms with Gasteiger partial charge >= 0.3 is 0 Å². The number of nitrogens with zero attached hydrogens (tertiary/aromatic N) is 2. The number of anilines is 1. The molecule has 5 heteroatoms. The van der Waals surface area contributed by atoms with E-state index < -0.39 is 0 Å². The van der Waals surface area contributed by atoms with Gasteiger partial charge in [0.05, 0.1) is 11.2 Å². The number of hydrogen-bond acceptors (Lipinski definition) is 4. The molecule has 0 aliphatic rings. The van der Waals surface area contributed by atoms with Gasteiger partial charge in [-0.05, 0) is 38.0 Å². The van der Waals surface area contributed by atoms with E-state index in [4.69, 9.17) is 11.6 Å². The molecule has 19 heavy (non-hydrogen) atoms. The van der Waals surface area contributed by atoms with Crippen molar-refractivity contribution in [2.45, 2.75) is 30.7 Å². The molecule has 0 bridgehead atoms.